The lowest BCUT2D eigenvalue weighted by Crippen LogP contribution is -2.36. The second-order valence-corrected chi connectivity index (χ2v) is 7.13. The molecule has 0 saturated carbocycles. The van der Waals surface area contributed by atoms with E-state index in [4.69, 9.17) is 0 Å². The number of hydrogen-bond donors (Lipinski definition) is 1. The summed E-state index contributed by atoms with van der Waals surface area (Å²) in [5, 5.41) is 8.27. The van der Waals surface area contributed by atoms with Crippen molar-refractivity contribution in [3.05, 3.63) is 17.5 Å². The molecule has 0 saturated heterocycles. The summed E-state index contributed by atoms with van der Waals surface area (Å²) in [7, 11) is 0. The number of nitrogens with one attached hydrogen (secondary N) is 1. The van der Waals surface area contributed by atoms with Gasteiger partial charge in [-0.2, -0.15) is 5.10 Å². The maximum Gasteiger partial charge on any atom is 0.0624 e. The normalized spacial score (nSPS) is 14.0. The summed E-state index contributed by atoms with van der Waals surface area (Å²) in [6.45, 7) is 17.8. The molecule has 1 aromatic heterocycles. The molecule has 0 aliphatic heterocycles. The summed E-state index contributed by atoms with van der Waals surface area (Å²) >= 11 is 0. The predicted molar refractivity (Wildman–Crippen MR) is 87.1 cm³/mol. The van der Waals surface area contributed by atoms with E-state index in [-0.39, 0.29) is 0 Å². The maximum atomic E-state index is 4.67. The second kappa shape index (κ2) is 7.26. The Balaban J connectivity index is 2.86. The lowest BCUT2D eigenvalue weighted by molar-refractivity contribution is 0.223. The largest absolute Gasteiger partial charge is 0.314 e. The van der Waals surface area contributed by atoms with Crippen LogP contribution in [0.4, 0.5) is 0 Å². The van der Waals surface area contributed by atoms with Gasteiger partial charge in [0, 0.05) is 18.3 Å². The highest BCUT2D eigenvalue weighted by molar-refractivity contribution is 5.12. The van der Waals surface area contributed by atoms with Crippen molar-refractivity contribution >= 4 is 0 Å². The first-order valence-electron chi connectivity index (χ1n) is 8.06. The van der Waals surface area contributed by atoms with Gasteiger partial charge in [-0.3, -0.25) is 4.68 Å². The summed E-state index contributed by atoms with van der Waals surface area (Å²) < 4.78 is 2.17. The molecule has 1 atom stereocenters. The van der Waals surface area contributed by atoms with E-state index < -0.39 is 0 Å². The minimum Gasteiger partial charge on any atom is -0.314 e. The number of aryl methyl sites for hydroxylation is 2. The first-order chi connectivity index (χ1) is 9.27. The topological polar surface area (TPSA) is 29.9 Å². The number of hydrogen-bond acceptors (Lipinski definition) is 2. The van der Waals surface area contributed by atoms with Gasteiger partial charge in [0.1, 0.15) is 0 Å². The van der Waals surface area contributed by atoms with Crippen LogP contribution in [0, 0.1) is 11.3 Å². The summed E-state index contributed by atoms with van der Waals surface area (Å²) in [5.41, 5.74) is 2.90. The minimum absolute atomic E-state index is 0.303. The van der Waals surface area contributed by atoms with Crippen LogP contribution < -0.4 is 5.32 Å². The highest BCUT2D eigenvalue weighted by Gasteiger charge is 2.26. The van der Waals surface area contributed by atoms with E-state index in [2.05, 4.69) is 69.6 Å². The standard InChI is InChI=1S/C17H33N3/c1-8-15-11-16(20(9-2)19-15)10-14(17(5,6)7)12-18-13(3)4/h11,13-14,18H,8-10,12H2,1-7H3. The molecule has 1 heterocycles. The molecule has 1 rings (SSSR count). The van der Waals surface area contributed by atoms with Crippen molar-refractivity contribution in [2.75, 3.05) is 6.54 Å². The van der Waals surface area contributed by atoms with E-state index in [1.165, 1.54) is 11.4 Å². The van der Waals surface area contributed by atoms with Gasteiger partial charge in [-0.1, -0.05) is 41.5 Å². The Morgan fingerprint density at radius 2 is 1.90 bits per heavy atom. The minimum atomic E-state index is 0.303. The highest BCUT2D eigenvalue weighted by atomic mass is 15.3. The molecule has 1 N–H and O–H groups in total. The zero-order valence-electron chi connectivity index (χ0n) is 14.5. The van der Waals surface area contributed by atoms with Gasteiger partial charge in [-0.25, -0.2) is 0 Å². The third-order valence-corrected chi connectivity index (χ3v) is 4.03. The number of rotatable bonds is 7. The molecule has 0 amide bonds. The van der Waals surface area contributed by atoms with Gasteiger partial charge in [0.05, 0.1) is 5.69 Å². The molecule has 0 aromatic carbocycles. The summed E-state index contributed by atoms with van der Waals surface area (Å²) in [6.07, 6.45) is 2.12. The van der Waals surface area contributed by atoms with Gasteiger partial charge >= 0.3 is 0 Å². The second-order valence-electron chi connectivity index (χ2n) is 7.13. The zero-order valence-corrected chi connectivity index (χ0v) is 14.5. The maximum absolute atomic E-state index is 4.67. The van der Waals surface area contributed by atoms with Crippen molar-refractivity contribution in [2.24, 2.45) is 11.3 Å². The Bertz CT molecular complexity index is 399. The zero-order chi connectivity index (χ0) is 15.3. The first kappa shape index (κ1) is 17.2. The molecule has 20 heavy (non-hydrogen) atoms. The van der Waals surface area contributed by atoms with E-state index >= 15 is 0 Å². The first-order valence-corrected chi connectivity index (χ1v) is 8.06. The van der Waals surface area contributed by atoms with E-state index in [0.717, 1.165) is 25.9 Å². The van der Waals surface area contributed by atoms with Crippen LogP contribution in [0.3, 0.4) is 0 Å². The lowest BCUT2D eigenvalue weighted by atomic mass is 9.78. The Morgan fingerprint density at radius 1 is 1.25 bits per heavy atom. The predicted octanol–water partition coefficient (Wildman–Crippen LogP) is 3.67. The molecule has 116 valence electrons. The molecule has 1 aromatic rings. The van der Waals surface area contributed by atoms with Crippen LogP contribution in [0.25, 0.3) is 0 Å². The van der Waals surface area contributed by atoms with Crippen molar-refractivity contribution in [3.63, 3.8) is 0 Å². The van der Waals surface area contributed by atoms with Crippen LogP contribution in [0.15, 0.2) is 6.07 Å². The van der Waals surface area contributed by atoms with Crippen molar-refractivity contribution < 1.29 is 0 Å². The van der Waals surface area contributed by atoms with Crippen molar-refractivity contribution in [2.45, 2.75) is 73.9 Å². The van der Waals surface area contributed by atoms with Gasteiger partial charge in [0.15, 0.2) is 0 Å². The molecule has 3 heteroatoms. The smallest absolute Gasteiger partial charge is 0.0624 e. The number of nitrogens with zero attached hydrogens (tertiary/aromatic N) is 2. The Morgan fingerprint density at radius 3 is 2.35 bits per heavy atom. The van der Waals surface area contributed by atoms with E-state index in [0.29, 0.717) is 17.4 Å². The molecular weight excluding hydrogens is 246 g/mol. The van der Waals surface area contributed by atoms with Crippen molar-refractivity contribution in [1.29, 1.82) is 0 Å². The molecular formula is C17H33N3. The molecule has 0 bridgehead atoms. The van der Waals surface area contributed by atoms with Crippen LogP contribution >= 0.6 is 0 Å². The van der Waals surface area contributed by atoms with Crippen LogP contribution in [-0.2, 0) is 19.4 Å². The SMILES string of the molecule is CCc1cc(CC(CNC(C)C)C(C)(C)C)n(CC)n1. The Kier molecular flexibility index (Phi) is 6.25. The van der Waals surface area contributed by atoms with Gasteiger partial charge in [0.2, 0.25) is 0 Å². The van der Waals surface area contributed by atoms with Gasteiger partial charge in [0.25, 0.3) is 0 Å². The molecule has 0 aliphatic rings. The lowest BCUT2D eigenvalue weighted by Gasteiger charge is -2.32. The third-order valence-electron chi connectivity index (χ3n) is 4.03. The summed E-state index contributed by atoms with van der Waals surface area (Å²) in [4.78, 5) is 0. The van der Waals surface area contributed by atoms with Gasteiger partial charge in [-0.15, -0.1) is 0 Å². The fourth-order valence-electron chi connectivity index (χ4n) is 2.44. The fourth-order valence-corrected chi connectivity index (χ4v) is 2.44. The van der Waals surface area contributed by atoms with E-state index in [1.54, 1.807) is 0 Å². The van der Waals surface area contributed by atoms with Gasteiger partial charge in [-0.05, 0) is 43.7 Å². The van der Waals surface area contributed by atoms with Gasteiger partial charge < -0.3 is 5.32 Å². The van der Waals surface area contributed by atoms with Crippen LogP contribution in [0.5, 0.6) is 0 Å². The van der Waals surface area contributed by atoms with Crippen LogP contribution in [-0.4, -0.2) is 22.4 Å². The van der Waals surface area contributed by atoms with Crippen LogP contribution in [0.2, 0.25) is 0 Å². The molecule has 0 spiro atoms. The average molecular weight is 279 g/mol. The molecule has 0 fully saturated rings. The molecule has 0 radical (unpaired) electrons. The Hall–Kier alpha value is -0.830. The van der Waals surface area contributed by atoms with Crippen LogP contribution in [0.1, 0.15) is 59.9 Å². The molecule has 1 unspecified atom stereocenters. The molecule has 0 aliphatic carbocycles. The molecule has 3 nitrogen and oxygen atoms in total. The van der Waals surface area contributed by atoms with Crippen molar-refractivity contribution in [1.82, 2.24) is 15.1 Å². The quantitative estimate of drug-likeness (QED) is 0.825. The van der Waals surface area contributed by atoms with E-state index in [9.17, 15) is 0 Å². The van der Waals surface area contributed by atoms with E-state index in [1.807, 2.05) is 0 Å². The number of aromatic nitrogens is 2. The fraction of sp³-hybridized carbons (Fsp3) is 0.824. The summed E-state index contributed by atoms with van der Waals surface area (Å²) in [6, 6.07) is 2.83. The monoisotopic (exact) mass is 279 g/mol. The van der Waals surface area contributed by atoms with Crippen molar-refractivity contribution in [3.8, 4) is 0 Å². The third kappa shape index (κ3) is 4.93. The summed E-state index contributed by atoms with van der Waals surface area (Å²) in [5.74, 6) is 0.622. The average Bonchev–Trinajstić information content (AvgIpc) is 2.75. The highest BCUT2D eigenvalue weighted by Crippen LogP contribution is 2.29. The Labute approximate surface area is 125 Å².